The molecule has 2 N–H and O–H groups in total. The molecule has 2 heterocycles. The molecule has 1 aromatic carbocycles. The maximum atomic E-state index is 12.1. The van der Waals surface area contributed by atoms with Gasteiger partial charge in [-0.3, -0.25) is 14.3 Å². The third kappa shape index (κ3) is 5.57. The Balaban J connectivity index is 1.39. The van der Waals surface area contributed by atoms with Crippen molar-refractivity contribution in [1.29, 1.82) is 0 Å². The fraction of sp³-hybridized carbons (Fsp3) is 0.316. The lowest BCUT2D eigenvalue weighted by Crippen LogP contribution is -2.36. The van der Waals surface area contributed by atoms with Crippen LogP contribution in [-0.4, -0.2) is 51.4 Å². The van der Waals surface area contributed by atoms with Gasteiger partial charge in [-0.05, 0) is 26.0 Å². The molecule has 0 aliphatic heterocycles. The summed E-state index contributed by atoms with van der Waals surface area (Å²) in [6.45, 7) is 4.17. The van der Waals surface area contributed by atoms with E-state index in [2.05, 4.69) is 25.9 Å². The first-order valence-corrected chi connectivity index (χ1v) is 9.56. The van der Waals surface area contributed by atoms with Gasteiger partial charge < -0.3 is 19.9 Å². The van der Waals surface area contributed by atoms with Gasteiger partial charge in [0.25, 0.3) is 5.91 Å². The van der Waals surface area contributed by atoms with Crippen LogP contribution in [0.15, 0.2) is 34.9 Å². The largest absolute Gasteiger partial charge is 0.484 e. The number of aryl methyl sites for hydroxylation is 1. The summed E-state index contributed by atoms with van der Waals surface area (Å²) in [5.74, 6) is -0.0901. The van der Waals surface area contributed by atoms with Crippen molar-refractivity contribution in [2.75, 3.05) is 19.7 Å². The van der Waals surface area contributed by atoms with Gasteiger partial charge in [-0.15, -0.1) is 0 Å². The Morgan fingerprint density at radius 3 is 2.60 bits per heavy atom. The summed E-state index contributed by atoms with van der Waals surface area (Å²) < 4.78 is 12.0. The fourth-order valence-corrected chi connectivity index (χ4v) is 2.68. The summed E-state index contributed by atoms with van der Waals surface area (Å²) in [5, 5.41) is 13.9. The molecular formula is C19H21ClN6O4. The Labute approximate surface area is 177 Å². The quantitative estimate of drug-likeness (QED) is 0.491. The van der Waals surface area contributed by atoms with Crippen molar-refractivity contribution < 1.29 is 18.8 Å². The monoisotopic (exact) mass is 432 g/mol. The number of halogens is 1. The zero-order valence-corrected chi connectivity index (χ0v) is 17.3. The molecule has 0 fully saturated rings. The van der Waals surface area contributed by atoms with E-state index < -0.39 is 5.91 Å². The first-order valence-electron chi connectivity index (χ1n) is 9.19. The van der Waals surface area contributed by atoms with E-state index in [0.717, 1.165) is 5.69 Å². The second-order valence-corrected chi connectivity index (χ2v) is 6.74. The van der Waals surface area contributed by atoms with Crippen LogP contribution in [0.2, 0.25) is 5.02 Å². The maximum Gasteiger partial charge on any atom is 0.316 e. The summed E-state index contributed by atoms with van der Waals surface area (Å²) in [5.41, 5.74) is 1.48. The highest BCUT2D eigenvalue weighted by atomic mass is 35.5. The number of aromatic nitrogens is 4. The molecule has 0 saturated carbocycles. The maximum absolute atomic E-state index is 12.1. The van der Waals surface area contributed by atoms with E-state index >= 15 is 0 Å². The van der Waals surface area contributed by atoms with E-state index in [0.29, 0.717) is 22.3 Å². The molecule has 11 heteroatoms. The Morgan fingerprint density at radius 1 is 1.17 bits per heavy atom. The summed E-state index contributed by atoms with van der Waals surface area (Å²) in [6.07, 6.45) is 0. The highest BCUT2D eigenvalue weighted by Gasteiger charge is 2.17. The predicted molar refractivity (Wildman–Crippen MR) is 107 cm³/mol. The first-order chi connectivity index (χ1) is 14.4. The fourth-order valence-electron chi connectivity index (χ4n) is 2.54. The molecule has 2 aromatic heterocycles. The minimum Gasteiger partial charge on any atom is -0.484 e. The van der Waals surface area contributed by atoms with Gasteiger partial charge in [0.1, 0.15) is 12.3 Å². The Hall–Kier alpha value is -3.40. The van der Waals surface area contributed by atoms with Crippen LogP contribution in [0.25, 0.3) is 0 Å². The summed E-state index contributed by atoms with van der Waals surface area (Å²) in [7, 11) is 0. The predicted octanol–water partition coefficient (Wildman–Crippen LogP) is 1.51. The zero-order chi connectivity index (χ0) is 21.5. The number of hydrogen-bond acceptors (Lipinski definition) is 7. The molecule has 0 atom stereocenters. The summed E-state index contributed by atoms with van der Waals surface area (Å²) >= 11 is 6.11. The molecule has 0 radical (unpaired) electrons. The van der Waals surface area contributed by atoms with E-state index in [1.807, 2.05) is 25.1 Å². The minimum absolute atomic E-state index is 0.110. The third-order valence-corrected chi connectivity index (χ3v) is 4.64. The molecule has 0 aliphatic carbocycles. The van der Waals surface area contributed by atoms with Crippen molar-refractivity contribution in [3.8, 4) is 5.75 Å². The smallest absolute Gasteiger partial charge is 0.316 e. The van der Waals surface area contributed by atoms with Gasteiger partial charge in [-0.25, -0.2) is 0 Å². The van der Waals surface area contributed by atoms with Crippen molar-refractivity contribution in [3.05, 3.63) is 58.5 Å². The van der Waals surface area contributed by atoms with Crippen LogP contribution in [0.1, 0.15) is 27.9 Å². The number of benzene rings is 1. The van der Waals surface area contributed by atoms with E-state index in [9.17, 15) is 9.59 Å². The molecule has 3 aromatic rings. The summed E-state index contributed by atoms with van der Waals surface area (Å²) in [4.78, 5) is 27.9. The van der Waals surface area contributed by atoms with Gasteiger partial charge >= 0.3 is 11.8 Å². The van der Waals surface area contributed by atoms with Crippen LogP contribution in [0.4, 0.5) is 0 Å². The van der Waals surface area contributed by atoms with Crippen LogP contribution in [0.3, 0.4) is 0 Å². The lowest BCUT2D eigenvalue weighted by molar-refractivity contribution is -0.123. The molecule has 0 unspecified atom stereocenters. The number of nitrogens with zero attached hydrogens (tertiary/aromatic N) is 4. The van der Waals surface area contributed by atoms with Gasteiger partial charge in [0, 0.05) is 13.1 Å². The van der Waals surface area contributed by atoms with Crippen molar-refractivity contribution >= 4 is 23.4 Å². The van der Waals surface area contributed by atoms with Crippen molar-refractivity contribution in [1.82, 2.24) is 30.6 Å². The van der Waals surface area contributed by atoms with Gasteiger partial charge in [0.15, 0.2) is 12.4 Å². The van der Waals surface area contributed by atoms with E-state index in [4.69, 9.17) is 20.9 Å². The van der Waals surface area contributed by atoms with Gasteiger partial charge in [0.05, 0.1) is 16.4 Å². The topological polar surface area (TPSA) is 124 Å². The number of amides is 2. The van der Waals surface area contributed by atoms with Crippen LogP contribution in [0.5, 0.6) is 5.75 Å². The average molecular weight is 433 g/mol. The molecule has 30 heavy (non-hydrogen) atoms. The number of hydrogen-bond donors (Lipinski definition) is 2. The standard InChI is InChI=1S/C19H21ClN6O4/c1-12-17(20)13(2)26(24-12)10-15-23-19(30-25-15)18(28)22-9-8-21-16(27)11-29-14-6-4-3-5-7-14/h3-7H,8-11H2,1-2H3,(H,21,27)(H,22,28). The van der Waals surface area contributed by atoms with Crippen molar-refractivity contribution in [2.24, 2.45) is 0 Å². The second-order valence-electron chi connectivity index (χ2n) is 6.37. The number of ether oxygens (including phenoxy) is 1. The molecule has 0 spiro atoms. The Morgan fingerprint density at radius 2 is 1.90 bits per heavy atom. The van der Waals surface area contributed by atoms with E-state index in [1.165, 1.54) is 0 Å². The second kappa shape index (κ2) is 9.88. The SMILES string of the molecule is Cc1nn(Cc2noc(C(=O)NCCNC(=O)COc3ccccc3)n2)c(C)c1Cl. The first kappa shape index (κ1) is 21.3. The molecule has 0 aliphatic rings. The van der Waals surface area contributed by atoms with Crippen molar-refractivity contribution in [3.63, 3.8) is 0 Å². The molecule has 3 rings (SSSR count). The van der Waals surface area contributed by atoms with E-state index in [1.54, 1.807) is 23.7 Å². The molecule has 0 bridgehead atoms. The van der Waals surface area contributed by atoms with Crippen molar-refractivity contribution in [2.45, 2.75) is 20.4 Å². The van der Waals surface area contributed by atoms with Gasteiger partial charge in [-0.1, -0.05) is 35.0 Å². The molecule has 158 valence electrons. The van der Waals surface area contributed by atoms with Crippen LogP contribution in [-0.2, 0) is 11.3 Å². The highest BCUT2D eigenvalue weighted by Crippen LogP contribution is 2.19. The van der Waals surface area contributed by atoms with Crippen LogP contribution < -0.4 is 15.4 Å². The van der Waals surface area contributed by atoms with E-state index in [-0.39, 0.29) is 38.0 Å². The lowest BCUT2D eigenvalue weighted by atomic mass is 10.3. The molecule has 2 amide bonds. The third-order valence-electron chi connectivity index (χ3n) is 4.09. The molecular weight excluding hydrogens is 412 g/mol. The van der Waals surface area contributed by atoms with Crippen LogP contribution >= 0.6 is 11.6 Å². The number of carbonyl (C=O) groups is 2. The van der Waals surface area contributed by atoms with Gasteiger partial charge in [-0.2, -0.15) is 10.1 Å². The Kier molecular flexibility index (Phi) is 7.02. The summed E-state index contributed by atoms with van der Waals surface area (Å²) in [6, 6.07) is 9.01. The minimum atomic E-state index is -0.532. The average Bonchev–Trinajstić information content (AvgIpc) is 3.31. The number of rotatable bonds is 9. The Bertz CT molecular complexity index is 1020. The highest BCUT2D eigenvalue weighted by molar-refractivity contribution is 6.31. The number of carbonyl (C=O) groups excluding carboxylic acids is 2. The number of para-hydroxylation sites is 1. The lowest BCUT2D eigenvalue weighted by Gasteiger charge is -2.07. The normalized spacial score (nSPS) is 10.6. The molecule has 0 saturated heterocycles. The number of nitrogens with one attached hydrogen (secondary N) is 2. The zero-order valence-electron chi connectivity index (χ0n) is 16.5. The van der Waals surface area contributed by atoms with Crippen LogP contribution in [0, 0.1) is 13.8 Å². The molecule has 10 nitrogen and oxygen atoms in total. The van der Waals surface area contributed by atoms with Gasteiger partial charge in [0.2, 0.25) is 0 Å².